The molecule has 6 aromatic rings. The van der Waals surface area contributed by atoms with Crippen LogP contribution in [-0.2, 0) is 20.1 Å². The summed E-state index contributed by atoms with van der Waals surface area (Å²) < 4.78 is 6.37. The van der Waals surface area contributed by atoms with E-state index >= 15 is 0 Å². The van der Waals surface area contributed by atoms with Crippen molar-refractivity contribution in [2.75, 3.05) is 0 Å². The molecular weight excluding hydrogens is 709 g/mol. The number of benzene rings is 3. The molecule has 3 aromatic carbocycles. The van der Waals surface area contributed by atoms with Gasteiger partial charge in [0.2, 0.25) is 0 Å². The van der Waals surface area contributed by atoms with Crippen LogP contribution < -0.4 is 5.19 Å². The first-order valence-corrected chi connectivity index (χ1v) is 18.2. The fraction of sp³-hybridized carbons (Fsp3) is 0.243. The first-order chi connectivity index (χ1) is 20.0. The minimum absolute atomic E-state index is 0. The minimum Gasteiger partial charge on any atom is -0.501 e. The Labute approximate surface area is 263 Å². The summed E-state index contributed by atoms with van der Waals surface area (Å²) >= 11 is 0. The Morgan fingerprint density at radius 1 is 0.762 bits per heavy atom. The summed E-state index contributed by atoms with van der Waals surface area (Å²) in [7, 11) is -1.49. The van der Waals surface area contributed by atoms with Crippen LogP contribution in [0, 0.1) is 12.1 Å². The van der Waals surface area contributed by atoms with Crippen LogP contribution in [0.15, 0.2) is 102 Å². The molecule has 1 aliphatic carbocycles. The Balaban J connectivity index is 0.000000228. The summed E-state index contributed by atoms with van der Waals surface area (Å²) in [5, 5.41) is 3.91. The van der Waals surface area contributed by atoms with Crippen molar-refractivity contribution in [3.8, 4) is 22.5 Å². The maximum Gasteiger partial charge on any atom is 0.120 e. The van der Waals surface area contributed by atoms with Crippen LogP contribution in [-0.4, -0.2) is 18.0 Å². The molecule has 3 heterocycles. The van der Waals surface area contributed by atoms with Crippen molar-refractivity contribution in [2.45, 2.75) is 57.7 Å². The molecule has 0 spiro atoms. The average molecular weight is 745 g/mol. The van der Waals surface area contributed by atoms with Gasteiger partial charge in [-0.3, -0.25) is 0 Å². The van der Waals surface area contributed by atoms with Gasteiger partial charge in [-0.15, -0.1) is 54.1 Å². The molecule has 1 fully saturated rings. The van der Waals surface area contributed by atoms with Gasteiger partial charge >= 0.3 is 0 Å². The van der Waals surface area contributed by atoms with Crippen molar-refractivity contribution in [3.63, 3.8) is 0 Å². The molecule has 7 rings (SSSR count). The standard InChI is InChI=1S/C26H28NOSi.C11H8N.Ir/c1-29(2,3)24-14-8-13-23-25(24)21-12-7-11-20(26(21)28-23)22-16-15-19(17-27-22)18-9-5-4-6-10-18;1-2-6-10(7-3-1)11-8-4-5-9-12-11;/h7-8,12-18H,4-6,9-10H2,1-3H3;1-6,8-9H;/q2*-1;. The van der Waals surface area contributed by atoms with E-state index < -0.39 is 8.07 Å². The predicted octanol–water partition coefficient (Wildman–Crippen LogP) is 9.59. The van der Waals surface area contributed by atoms with Gasteiger partial charge in [0.15, 0.2) is 0 Å². The second-order valence-electron chi connectivity index (χ2n) is 11.9. The molecule has 0 unspecified atom stereocenters. The van der Waals surface area contributed by atoms with Crippen LogP contribution in [0.4, 0.5) is 0 Å². The molecule has 1 aliphatic rings. The predicted molar refractivity (Wildman–Crippen MR) is 173 cm³/mol. The van der Waals surface area contributed by atoms with Gasteiger partial charge in [-0.05, 0) is 47.8 Å². The van der Waals surface area contributed by atoms with E-state index in [9.17, 15) is 0 Å². The van der Waals surface area contributed by atoms with Crippen molar-refractivity contribution in [1.82, 2.24) is 9.97 Å². The summed E-state index contributed by atoms with van der Waals surface area (Å²) in [4.78, 5) is 9.05. The number of rotatable bonds is 4. The molecule has 1 radical (unpaired) electrons. The van der Waals surface area contributed by atoms with E-state index in [0.29, 0.717) is 5.92 Å². The number of aromatic nitrogens is 2. The number of hydrogen-bond donors (Lipinski definition) is 0. The molecule has 1 saturated carbocycles. The molecule has 0 bridgehead atoms. The first kappa shape index (κ1) is 30.1. The second kappa shape index (κ2) is 13.3. The SMILES string of the molecule is C[Si](C)(C)c1cccc2oc3c(-c4ccc(C5CCCCC5)cn4)[c-]ccc3c12.[Ir].[c-]1ccccc1-c1ccccn1. The Hall–Kier alpha value is -3.37. The number of fused-ring (bicyclic) bond motifs is 3. The van der Waals surface area contributed by atoms with Crippen LogP contribution in [0.2, 0.25) is 19.6 Å². The normalized spacial score (nSPS) is 13.8. The molecule has 0 saturated heterocycles. The maximum atomic E-state index is 6.37. The second-order valence-corrected chi connectivity index (χ2v) is 17.0. The summed E-state index contributed by atoms with van der Waals surface area (Å²) in [6.07, 6.45) is 10.5. The maximum absolute atomic E-state index is 6.37. The van der Waals surface area contributed by atoms with Gasteiger partial charge in [-0.2, -0.15) is 0 Å². The number of hydrogen-bond acceptors (Lipinski definition) is 3. The topological polar surface area (TPSA) is 38.9 Å². The molecule has 42 heavy (non-hydrogen) atoms. The van der Waals surface area contributed by atoms with Crippen molar-refractivity contribution < 1.29 is 24.5 Å². The van der Waals surface area contributed by atoms with Gasteiger partial charge in [0.05, 0.1) is 13.7 Å². The first-order valence-electron chi connectivity index (χ1n) is 14.7. The Bertz CT molecular complexity index is 1700. The molecule has 3 aromatic heterocycles. The smallest absolute Gasteiger partial charge is 0.120 e. The van der Waals surface area contributed by atoms with Crippen molar-refractivity contribution >= 4 is 35.2 Å². The van der Waals surface area contributed by atoms with Gasteiger partial charge in [0, 0.05) is 37.9 Å². The van der Waals surface area contributed by atoms with Gasteiger partial charge in [0.1, 0.15) is 5.58 Å². The summed E-state index contributed by atoms with van der Waals surface area (Å²) in [5.74, 6) is 0.676. The van der Waals surface area contributed by atoms with Crippen molar-refractivity contribution in [1.29, 1.82) is 0 Å². The van der Waals surface area contributed by atoms with E-state index in [-0.39, 0.29) is 20.1 Å². The third kappa shape index (κ3) is 6.49. The van der Waals surface area contributed by atoms with Crippen LogP contribution in [0.1, 0.15) is 43.6 Å². The Morgan fingerprint density at radius 3 is 2.29 bits per heavy atom. The number of nitrogens with zero attached hydrogens (tertiary/aromatic N) is 2. The van der Waals surface area contributed by atoms with E-state index in [0.717, 1.165) is 33.7 Å². The van der Waals surface area contributed by atoms with Gasteiger partial charge in [-0.25, -0.2) is 0 Å². The third-order valence-electron chi connectivity index (χ3n) is 8.03. The minimum atomic E-state index is -1.49. The van der Waals surface area contributed by atoms with Crippen molar-refractivity contribution in [3.05, 3.63) is 115 Å². The zero-order valence-electron chi connectivity index (χ0n) is 24.5. The van der Waals surface area contributed by atoms with E-state index in [1.165, 1.54) is 53.6 Å². The fourth-order valence-electron chi connectivity index (χ4n) is 5.91. The molecule has 0 N–H and O–H groups in total. The molecule has 0 amide bonds. The Morgan fingerprint density at radius 2 is 1.60 bits per heavy atom. The molecular formula is C37H36IrN2OSi-2. The number of pyridine rings is 2. The summed E-state index contributed by atoms with van der Waals surface area (Å²) in [6.45, 7) is 7.17. The van der Waals surface area contributed by atoms with Crippen LogP contribution >= 0.6 is 0 Å². The summed E-state index contributed by atoms with van der Waals surface area (Å²) in [6, 6.07) is 35.3. The van der Waals surface area contributed by atoms with E-state index in [1.807, 2.05) is 48.5 Å². The van der Waals surface area contributed by atoms with E-state index in [4.69, 9.17) is 9.40 Å². The molecule has 0 atom stereocenters. The largest absolute Gasteiger partial charge is 0.501 e. The van der Waals surface area contributed by atoms with Crippen LogP contribution in [0.3, 0.4) is 0 Å². The van der Waals surface area contributed by atoms with Crippen molar-refractivity contribution in [2.24, 2.45) is 0 Å². The van der Waals surface area contributed by atoms with Crippen LogP contribution in [0.25, 0.3) is 44.5 Å². The van der Waals surface area contributed by atoms with E-state index in [1.54, 1.807) is 6.20 Å². The van der Waals surface area contributed by atoms with Gasteiger partial charge in [-0.1, -0.05) is 91.4 Å². The van der Waals surface area contributed by atoms with E-state index in [2.05, 4.69) is 79.4 Å². The molecule has 0 aliphatic heterocycles. The third-order valence-corrected chi connectivity index (χ3v) is 10.1. The molecule has 215 valence electrons. The quantitative estimate of drug-likeness (QED) is 0.133. The zero-order valence-corrected chi connectivity index (χ0v) is 27.9. The summed E-state index contributed by atoms with van der Waals surface area (Å²) in [5.41, 5.74) is 7.19. The monoisotopic (exact) mass is 745 g/mol. The number of furan rings is 1. The zero-order chi connectivity index (χ0) is 28.2. The van der Waals surface area contributed by atoms with Crippen LogP contribution in [0.5, 0.6) is 0 Å². The molecule has 5 heteroatoms. The van der Waals surface area contributed by atoms with Gasteiger partial charge < -0.3 is 14.4 Å². The van der Waals surface area contributed by atoms with Gasteiger partial charge in [0.25, 0.3) is 0 Å². The average Bonchev–Trinajstić information content (AvgIpc) is 3.41. The fourth-order valence-corrected chi connectivity index (χ4v) is 7.52. The molecule has 3 nitrogen and oxygen atoms in total. The Kier molecular flexibility index (Phi) is 9.52.